The van der Waals surface area contributed by atoms with Crippen molar-refractivity contribution in [1.82, 2.24) is 15.3 Å². The van der Waals surface area contributed by atoms with E-state index in [1.54, 1.807) is 12.3 Å². The molecule has 6 nitrogen and oxygen atoms in total. The smallest absolute Gasteiger partial charge is 0.243 e. The first kappa shape index (κ1) is 16.2. The molecule has 3 rings (SSSR count). The van der Waals surface area contributed by atoms with Crippen molar-refractivity contribution in [2.75, 3.05) is 11.4 Å². The molecule has 1 aliphatic heterocycles. The second-order valence-corrected chi connectivity index (χ2v) is 7.25. The van der Waals surface area contributed by atoms with Crippen LogP contribution < -0.4 is 10.2 Å². The molecule has 2 fully saturated rings. The van der Waals surface area contributed by atoms with Gasteiger partial charge >= 0.3 is 0 Å². The van der Waals surface area contributed by atoms with Crippen molar-refractivity contribution in [2.45, 2.75) is 57.7 Å². The van der Waals surface area contributed by atoms with Crippen LogP contribution in [0.25, 0.3) is 0 Å². The van der Waals surface area contributed by atoms with Crippen LogP contribution in [0.3, 0.4) is 0 Å². The van der Waals surface area contributed by atoms with Crippen molar-refractivity contribution in [3.05, 3.63) is 18.6 Å². The molecule has 0 radical (unpaired) electrons. The van der Waals surface area contributed by atoms with Crippen LogP contribution in [0, 0.1) is 11.8 Å². The number of nitrogens with one attached hydrogen (secondary N) is 1. The van der Waals surface area contributed by atoms with Crippen molar-refractivity contribution in [3.8, 4) is 0 Å². The largest absolute Gasteiger partial charge is 0.391 e. The third-order valence-corrected chi connectivity index (χ3v) is 4.97. The van der Waals surface area contributed by atoms with Gasteiger partial charge < -0.3 is 15.3 Å². The Kier molecular flexibility index (Phi) is 4.80. The lowest BCUT2D eigenvalue weighted by atomic mass is 9.80. The van der Waals surface area contributed by atoms with E-state index in [0.29, 0.717) is 30.6 Å². The minimum absolute atomic E-state index is 0.00598. The summed E-state index contributed by atoms with van der Waals surface area (Å²) in [6, 6.07) is 1.67. The molecule has 1 aliphatic carbocycles. The molecule has 4 unspecified atom stereocenters. The molecule has 6 heteroatoms. The first-order valence-electron chi connectivity index (χ1n) is 8.54. The Morgan fingerprint density at radius 3 is 2.65 bits per heavy atom. The summed E-state index contributed by atoms with van der Waals surface area (Å²) >= 11 is 0. The Labute approximate surface area is 137 Å². The fraction of sp³-hybridized carbons (Fsp3) is 0.706. The molecule has 23 heavy (non-hydrogen) atoms. The minimum Gasteiger partial charge on any atom is -0.391 e. The van der Waals surface area contributed by atoms with Crippen molar-refractivity contribution in [2.24, 2.45) is 11.8 Å². The molecule has 2 heterocycles. The maximum absolute atomic E-state index is 12.7. The number of aliphatic hydroxyl groups is 1. The van der Waals surface area contributed by atoms with Crippen molar-refractivity contribution in [3.63, 3.8) is 0 Å². The van der Waals surface area contributed by atoms with Crippen LogP contribution in [0.1, 0.15) is 39.5 Å². The van der Waals surface area contributed by atoms with E-state index in [-0.39, 0.29) is 18.0 Å². The Hall–Kier alpha value is -1.69. The fourth-order valence-corrected chi connectivity index (χ4v) is 4.13. The minimum atomic E-state index is -0.495. The number of nitrogens with zero attached hydrogens (tertiary/aromatic N) is 3. The lowest BCUT2D eigenvalue weighted by Crippen LogP contribution is -2.49. The highest BCUT2D eigenvalue weighted by Gasteiger charge is 2.38. The maximum atomic E-state index is 12.7. The summed E-state index contributed by atoms with van der Waals surface area (Å²) < 4.78 is 0. The second-order valence-electron chi connectivity index (χ2n) is 7.25. The summed E-state index contributed by atoms with van der Waals surface area (Å²) in [5.74, 6) is 2.00. The monoisotopic (exact) mass is 318 g/mol. The number of anilines is 1. The van der Waals surface area contributed by atoms with Crippen LogP contribution in [0.2, 0.25) is 0 Å². The normalized spacial score (nSPS) is 34.4. The van der Waals surface area contributed by atoms with E-state index in [9.17, 15) is 9.90 Å². The second kappa shape index (κ2) is 6.83. The van der Waals surface area contributed by atoms with Gasteiger partial charge in [0.25, 0.3) is 0 Å². The third-order valence-electron chi connectivity index (χ3n) is 4.97. The first-order valence-corrected chi connectivity index (χ1v) is 8.54. The number of aromatic nitrogens is 2. The average Bonchev–Trinajstić information content (AvgIpc) is 2.89. The van der Waals surface area contributed by atoms with Crippen LogP contribution in [-0.4, -0.2) is 45.7 Å². The van der Waals surface area contributed by atoms with Gasteiger partial charge in [-0.25, -0.2) is 9.97 Å². The van der Waals surface area contributed by atoms with Gasteiger partial charge in [0.1, 0.15) is 18.2 Å². The van der Waals surface area contributed by atoms with Gasteiger partial charge in [-0.2, -0.15) is 0 Å². The predicted molar refractivity (Wildman–Crippen MR) is 87.9 cm³/mol. The SMILES string of the molecule is CC1CC(C)CC(NC(=O)C2CC(O)CN2c2ccncn2)C1. The van der Waals surface area contributed by atoms with Crippen LogP contribution in [0.15, 0.2) is 18.6 Å². The van der Waals surface area contributed by atoms with E-state index in [1.165, 1.54) is 12.7 Å². The summed E-state index contributed by atoms with van der Waals surface area (Å²) in [7, 11) is 0. The summed E-state index contributed by atoms with van der Waals surface area (Å²) in [4.78, 5) is 22.8. The number of rotatable bonds is 3. The molecular formula is C17H26N4O2. The van der Waals surface area contributed by atoms with Gasteiger partial charge in [-0.3, -0.25) is 4.79 Å². The van der Waals surface area contributed by atoms with Crippen LogP contribution in [-0.2, 0) is 4.79 Å². The van der Waals surface area contributed by atoms with Crippen molar-refractivity contribution in [1.29, 1.82) is 0 Å². The molecule has 1 saturated heterocycles. The molecule has 4 atom stereocenters. The van der Waals surface area contributed by atoms with E-state index in [1.807, 2.05) is 4.90 Å². The Morgan fingerprint density at radius 1 is 1.26 bits per heavy atom. The van der Waals surface area contributed by atoms with Gasteiger partial charge in [-0.05, 0) is 37.2 Å². The zero-order valence-electron chi connectivity index (χ0n) is 13.9. The first-order chi connectivity index (χ1) is 11.0. The summed E-state index contributed by atoms with van der Waals surface area (Å²) in [6.07, 6.45) is 6.41. The number of carbonyl (C=O) groups is 1. The molecule has 126 valence electrons. The molecule has 1 saturated carbocycles. The quantitative estimate of drug-likeness (QED) is 0.880. The van der Waals surface area contributed by atoms with E-state index in [2.05, 4.69) is 29.1 Å². The molecule has 2 N–H and O–H groups in total. The topological polar surface area (TPSA) is 78.4 Å². The molecule has 1 amide bonds. The van der Waals surface area contributed by atoms with Crippen molar-refractivity contribution >= 4 is 11.7 Å². The number of aliphatic hydroxyl groups excluding tert-OH is 1. The van der Waals surface area contributed by atoms with Gasteiger partial charge in [0.2, 0.25) is 5.91 Å². The number of β-amino-alcohol motifs (C(OH)–C–C–N with tert-alkyl or cyclic N) is 1. The fourth-order valence-electron chi connectivity index (χ4n) is 4.13. The highest BCUT2D eigenvalue weighted by atomic mass is 16.3. The molecular weight excluding hydrogens is 292 g/mol. The molecule has 0 bridgehead atoms. The van der Waals surface area contributed by atoms with Crippen LogP contribution in [0.4, 0.5) is 5.82 Å². The Bertz CT molecular complexity index is 529. The molecule has 0 aromatic carbocycles. The molecule has 0 spiro atoms. The number of hydrogen-bond acceptors (Lipinski definition) is 5. The van der Waals surface area contributed by atoms with E-state index in [4.69, 9.17) is 0 Å². The van der Waals surface area contributed by atoms with E-state index in [0.717, 1.165) is 12.8 Å². The van der Waals surface area contributed by atoms with Crippen molar-refractivity contribution < 1.29 is 9.90 Å². The maximum Gasteiger partial charge on any atom is 0.243 e. The van der Waals surface area contributed by atoms with Crippen LogP contribution >= 0.6 is 0 Å². The number of carbonyl (C=O) groups excluding carboxylic acids is 1. The number of hydrogen-bond donors (Lipinski definition) is 2. The van der Waals surface area contributed by atoms with Gasteiger partial charge in [-0.1, -0.05) is 13.8 Å². The zero-order chi connectivity index (χ0) is 16.4. The molecule has 1 aromatic rings. The molecule has 1 aromatic heterocycles. The van der Waals surface area contributed by atoms with Crippen LogP contribution in [0.5, 0.6) is 0 Å². The third kappa shape index (κ3) is 3.80. The van der Waals surface area contributed by atoms with Gasteiger partial charge in [-0.15, -0.1) is 0 Å². The highest BCUT2D eigenvalue weighted by Crippen LogP contribution is 2.29. The van der Waals surface area contributed by atoms with E-state index >= 15 is 0 Å². The van der Waals surface area contributed by atoms with Gasteiger partial charge in [0, 0.05) is 25.2 Å². The highest BCUT2D eigenvalue weighted by molar-refractivity contribution is 5.86. The lowest BCUT2D eigenvalue weighted by molar-refractivity contribution is -0.123. The standard InChI is InChI=1S/C17H26N4O2/c1-11-5-12(2)7-13(6-11)20-17(23)15-8-14(22)9-21(15)16-3-4-18-10-19-16/h3-4,10-15,22H,5-9H2,1-2H3,(H,20,23). The lowest BCUT2D eigenvalue weighted by Gasteiger charge is -2.33. The predicted octanol–water partition coefficient (Wildman–Crippen LogP) is 1.36. The van der Waals surface area contributed by atoms with Gasteiger partial charge in [0.15, 0.2) is 0 Å². The Balaban J connectivity index is 1.68. The summed E-state index contributed by atoms with van der Waals surface area (Å²) in [5.41, 5.74) is 0. The van der Waals surface area contributed by atoms with Gasteiger partial charge in [0.05, 0.1) is 6.10 Å². The zero-order valence-corrected chi connectivity index (χ0v) is 13.9. The van der Waals surface area contributed by atoms with E-state index < -0.39 is 6.10 Å². The summed E-state index contributed by atoms with van der Waals surface area (Å²) in [6.45, 7) is 4.94. The number of amides is 1. The average molecular weight is 318 g/mol. The Morgan fingerprint density at radius 2 is 2.00 bits per heavy atom. The molecule has 2 aliphatic rings. The summed E-state index contributed by atoms with van der Waals surface area (Å²) in [5, 5.41) is 13.2.